The lowest BCUT2D eigenvalue weighted by Gasteiger charge is -2.12. The summed E-state index contributed by atoms with van der Waals surface area (Å²) in [6.07, 6.45) is 3.46. The molecule has 2 aromatic carbocycles. The number of nitrogens with zero attached hydrogens (tertiary/aromatic N) is 1. The molecule has 2 rings (SSSR count). The summed E-state index contributed by atoms with van der Waals surface area (Å²) in [4.78, 5) is 33.6. The zero-order valence-electron chi connectivity index (χ0n) is 13.9. The van der Waals surface area contributed by atoms with Crippen LogP contribution in [0, 0.1) is 10.1 Å². The zero-order valence-corrected chi connectivity index (χ0v) is 13.9. The van der Waals surface area contributed by atoms with Crippen molar-refractivity contribution in [1.29, 1.82) is 0 Å². The molecule has 7 nitrogen and oxygen atoms in total. The van der Waals surface area contributed by atoms with E-state index in [1.54, 1.807) is 18.2 Å². The Balaban J connectivity index is 1.95. The van der Waals surface area contributed by atoms with Crippen LogP contribution >= 0.6 is 0 Å². The van der Waals surface area contributed by atoms with Crippen molar-refractivity contribution in [1.82, 2.24) is 5.32 Å². The van der Waals surface area contributed by atoms with Crippen LogP contribution in [-0.2, 0) is 16.0 Å². The maximum atomic E-state index is 12.1. The van der Waals surface area contributed by atoms with E-state index in [1.165, 1.54) is 18.2 Å². The summed E-state index contributed by atoms with van der Waals surface area (Å²) in [5.41, 5.74) is 1.26. The van der Waals surface area contributed by atoms with Crippen LogP contribution in [-0.4, -0.2) is 27.9 Å². The molecule has 0 saturated carbocycles. The quantitative estimate of drug-likeness (QED) is 0.559. The number of non-ortho nitro benzene ring substituents is 1. The van der Waals surface area contributed by atoms with Gasteiger partial charge in [-0.05, 0) is 17.5 Å². The summed E-state index contributed by atoms with van der Waals surface area (Å²) >= 11 is 0. The largest absolute Gasteiger partial charge is 0.480 e. The summed E-state index contributed by atoms with van der Waals surface area (Å²) in [6.45, 7) is 0. The first-order valence-corrected chi connectivity index (χ1v) is 7.93. The Morgan fingerprint density at radius 2 is 1.88 bits per heavy atom. The van der Waals surface area contributed by atoms with Crippen LogP contribution in [0.25, 0.3) is 6.08 Å². The highest BCUT2D eigenvalue weighted by Crippen LogP contribution is 2.13. The van der Waals surface area contributed by atoms with Gasteiger partial charge in [-0.3, -0.25) is 14.9 Å². The molecule has 1 atom stereocenters. The van der Waals surface area contributed by atoms with Crippen molar-refractivity contribution in [2.75, 3.05) is 0 Å². The Bertz CT molecular complexity index is 818. The van der Waals surface area contributed by atoms with Gasteiger partial charge in [-0.15, -0.1) is 0 Å². The normalized spacial score (nSPS) is 11.8. The van der Waals surface area contributed by atoms with Crippen molar-refractivity contribution in [3.05, 3.63) is 81.9 Å². The first-order valence-electron chi connectivity index (χ1n) is 7.93. The predicted octanol–water partition coefficient (Wildman–Crippen LogP) is 2.81. The van der Waals surface area contributed by atoms with Gasteiger partial charge in [0.25, 0.3) is 5.69 Å². The third kappa shape index (κ3) is 5.86. The molecule has 0 aromatic heterocycles. The van der Waals surface area contributed by atoms with Gasteiger partial charge < -0.3 is 10.4 Å². The van der Waals surface area contributed by atoms with E-state index < -0.39 is 22.8 Å². The van der Waals surface area contributed by atoms with E-state index >= 15 is 0 Å². The number of carboxylic acids is 1. The van der Waals surface area contributed by atoms with Gasteiger partial charge in [0.1, 0.15) is 6.04 Å². The molecule has 7 heteroatoms. The van der Waals surface area contributed by atoms with E-state index in [1.807, 2.05) is 30.3 Å². The third-order valence-electron chi connectivity index (χ3n) is 3.60. The Labute approximate surface area is 150 Å². The molecule has 26 heavy (non-hydrogen) atoms. The first-order chi connectivity index (χ1) is 12.5. The minimum absolute atomic E-state index is 0.115. The van der Waals surface area contributed by atoms with Gasteiger partial charge in [0.05, 0.1) is 11.3 Å². The van der Waals surface area contributed by atoms with Crippen molar-refractivity contribution in [2.24, 2.45) is 0 Å². The van der Waals surface area contributed by atoms with E-state index in [-0.39, 0.29) is 18.5 Å². The molecule has 0 saturated heterocycles. The second-order valence-corrected chi connectivity index (χ2v) is 5.61. The lowest BCUT2D eigenvalue weighted by atomic mass is 10.1. The molecule has 0 aliphatic carbocycles. The second kappa shape index (κ2) is 9.12. The van der Waals surface area contributed by atoms with Crippen molar-refractivity contribution in [3.8, 4) is 0 Å². The number of carbonyl (C=O) groups excluding carboxylic acids is 1. The van der Waals surface area contributed by atoms with Gasteiger partial charge in [-0.25, -0.2) is 4.79 Å². The fourth-order valence-electron chi connectivity index (χ4n) is 2.34. The zero-order chi connectivity index (χ0) is 18.9. The number of benzene rings is 2. The number of nitro benzene ring substituents is 1. The van der Waals surface area contributed by atoms with E-state index in [9.17, 15) is 24.8 Å². The number of carbonyl (C=O) groups is 2. The van der Waals surface area contributed by atoms with Gasteiger partial charge in [-0.2, -0.15) is 0 Å². The summed E-state index contributed by atoms with van der Waals surface area (Å²) < 4.78 is 0. The summed E-state index contributed by atoms with van der Waals surface area (Å²) in [6, 6.07) is 14.0. The topological polar surface area (TPSA) is 110 Å². The number of aliphatic carboxylic acids is 1. The molecule has 0 heterocycles. The molecular weight excluding hydrogens is 336 g/mol. The third-order valence-corrected chi connectivity index (χ3v) is 3.60. The Morgan fingerprint density at radius 1 is 1.15 bits per heavy atom. The highest BCUT2D eigenvalue weighted by molar-refractivity contribution is 5.85. The van der Waals surface area contributed by atoms with Crippen LogP contribution in [0.15, 0.2) is 60.7 Å². The maximum Gasteiger partial charge on any atom is 0.326 e. The van der Waals surface area contributed by atoms with Gasteiger partial charge in [0.2, 0.25) is 5.91 Å². The fourth-order valence-corrected chi connectivity index (χ4v) is 2.34. The van der Waals surface area contributed by atoms with Crippen LogP contribution < -0.4 is 5.32 Å². The lowest BCUT2D eigenvalue weighted by molar-refractivity contribution is -0.384. The number of nitro groups is 1. The van der Waals surface area contributed by atoms with Gasteiger partial charge in [0, 0.05) is 12.1 Å². The maximum absolute atomic E-state index is 12.1. The van der Waals surface area contributed by atoms with Gasteiger partial charge in [-0.1, -0.05) is 54.6 Å². The predicted molar refractivity (Wildman–Crippen MR) is 96.5 cm³/mol. The van der Waals surface area contributed by atoms with Crippen molar-refractivity contribution in [2.45, 2.75) is 18.9 Å². The number of hydrogen-bond donors (Lipinski definition) is 2. The number of rotatable bonds is 8. The fraction of sp³-hybridized carbons (Fsp3) is 0.158. The number of nitrogens with one attached hydrogen (secondary N) is 1. The van der Waals surface area contributed by atoms with Crippen molar-refractivity contribution < 1.29 is 19.6 Å². The molecule has 2 N–H and O–H groups in total. The SMILES string of the molecule is O=C(Cc1cccc([N+](=O)[O-])c1)N[C@@H](C/C=C/c1ccccc1)C(=O)O. The molecule has 0 fully saturated rings. The molecule has 0 spiro atoms. The number of amides is 1. The molecule has 1 amide bonds. The van der Waals surface area contributed by atoms with E-state index in [0.29, 0.717) is 5.56 Å². The number of hydrogen-bond acceptors (Lipinski definition) is 4. The van der Waals surface area contributed by atoms with Gasteiger partial charge >= 0.3 is 5.97 Å². The molecule has 2 aromatic rings. The second-order valence-electron chi connectivity index (χ2n) is 5.61. The molecule has 0 aliphatic heterocycles. The van der Waals surface area contributed by atoms with Crippen LogP contribution in [0.1, 0.15) is 17.5 Å². The van der Waals surface area contributed by atoms with Crippen LogP contribution in [0.4, 0.5) is 5.69 Å². The Morgan fingerprint density at radius 3 is 2.54 bits per heavy atom. The molecule has 134 valence electrons. The van der Waals surface area contributed by atoms with Crippen LogP contribution in [0.3, 0.4) is 0 Å². The monoisotopic (exact) mass is 354 g/mol. The van der Waals surface area contributed by atoms with Gasteiger partial charge in [0.15, 0.2) is 0 Å². The molecule has 0 radical (unpaired) electrons. The Hall–Kier alpha value is -3.48. The highest BCUT2D eigenvalue weighted by Gasteiger charge is 2.19. The van der Waals surface area contributed by atoms with Crippen molar-refractivity contribution in [3.63, 3.8) is 0 Å². The first kappa shape index (κ1) is 18.9. The summed E-state index contributed by atoms with van der Waals surface area (Å²) in [5.74, 6) is -1.65. The smallest absolute Gasteiger partial charge is 0.326 e. The van der Waals surface area contributed by atoms with E-state index in [2.05, 4.69) is 5.32 Å². The number of carboxylic acid groups (broad SMARTS) is 1. The molecular formula is C19H18N2O5. The van der Waals surface area contributed by atoms with E-state index in [4.69, 9.17) is 0 Å². The molecule has 0 aliphatic rings. The van der Waals surface area contributed by atoms with Crippen LogP contribution in [0.5, 0.6) is 0 Å². The lowest BCUT2D eigenvalue weighted by Crippen LogP contribution is -2.41. The average Bonchev–Trinajstić information content (AvgIpc) is 2.61. The molecule has 0 bridgehead atoms. The van der Waals surface area contributed by atoms with E-state index in [0.717, 1.165) is 5.56 Å². The summed E-state index contributed by atoms with van der Waals surface area (Å²) in [7, 11) is 0. The highest BCUT2D eigenvalue weighted by atomic mass is 16.6. The van der Waals surface area contributed by atoms with Crippen molar-refractivity contribution >= 4 is 23.6 Å². The minimum atomic E-state index is -1.14. The molecule has 0 unspecified atom stereocenters. The minimum Gasteiger partial charge on any atom is -0.480 e. The summed E-state index contributed by atoms with van der Waals surface area (Å²) in [5, 5.41) is 22.5. The Kier molecular flexibility index (Phi) is 6.61. The van der Waals surface area contributed by atoms with Crippen LogP contribution in [0.2, 0.25) is 0 Å². The standard InChI is InChI=1S/C19H18N2O5/c22-18(13-15-9-4-10-16(12-15)21(25)26)20-17(19(23)24)11-5-8-14-6-2-1-3-7-14/h1-10,12,17H,11,13H2,(H,20,22)(H,23,24)/b8-5+/t17-/m0/s1. The average molecular weight is 354 g/mol.